The van der Waals surface area contributed by atoms with Gasteiger partial charge in [-0.05, 0) is 24.1 Å². The van der Waals surface area contributed by atoms with Crippen molar-refractivity contribution in [2.75, 3.05) is 11.1 Å². The zero-order valence-corrected chi connectivity index (χ0v) is 11.5. The highest BCUT2D eigenvalue weighted by Crippen LogP contribution is 2.29. The lowest BCUT2D eigenvalue weighted by Gasteiger charge is -2.21. The number of nitrogens with two attached hydrogens (primary N) is 2. The quantitative estimate of drug-likeness (QED) is 0.730. The van der Waals surface area contributed by atoms with Crippen LogP contribution in [0.3, 0.4) is 0 Å². The van der Waals surface area contributed by atoms with Crippen molar-refractivity contribution in [2.24, 2.45) is 5.73 Å². The van der Waals surface area contributed by atoms with Gasteiger partial charge in [0, 0.05) is 0 Å². The van der Waals surface area contributed by atoms with E-state index in [1.807, 2.05) is 30.3 Å². The Morgan fingerprint density at radius 1 is 1.15 bits per heavy atom. The van der Waals surface area contributed by atoms with Crippen LogP contribution in [0.1, 0.15) is 35.3 Å². The maximum absolute atomic E-state index is 11.5. The number of hydrogen-bond acceptors (Lipinski definition) is 3. The second kappa shape index (κ2) is 6.10. The Kier molecular flexibility index (Phi) is 4.25. The van der Waals surface area contributed by atoms with E-state index in [9.17, 15) is 4.79 Å². The van der Waals surface area contributed by atoms with Crippen molar-refractivity contribution in [3.63, 3.8) is 0 Å². The maximum Gasteiger partial charge on any atom is 0.250 e. The maximum atomic E-state index is 11.5. The zero-order valence-electron chi connectivity index (χ0n) is 11.5. The summed E-state index contributed by atoms with van der Waals surface area (Å²) in [5, 5.41) is 3.34. The smallest absolute Gasteiger partial charge is 0.250 e. The molecule has 0 aliphatic rings. The molecule has 2 aromatic rings. The second-order valence-corrected chi connectivity index (χ2v) is 4.65. The number of anilines is 2. The molecule has 104 valence electrons. The summed E-state index contributed by atoms with van der Waals surface area (Å²) in [7, 11) is 0. The van der Waals surface area contributed by atoms with Gasteiger partial charge in [0.15, 0.2) is 0 Å². The minimum atomic E-state index is -0.484. The summed E-state index contributed by atoms with van der Waals surface area (Å²) in [6, 6.07) is 15.3. The normalized spacial score (nSPS) is 11.8. The molecule has 0 aliphatic heterocycles. The molecule has 20 heavy (non-hydrogen) atoms. The minimum Gasteiger partial charge on any atom is -0.397 e. The Balaban J connectivity index is 2.35. The van der Waals surface area contributed by atoms with Gasteiger partial charge in [0.2, 0.25) is 0 Å². The first-order valence-electron chi connectivity index (χ1n) is 6.63. The molecule has 0 saturated heterocycles. The van der Waals surface area contributed by atoms with Crippen molar-refractivity contribution >= 4 is 17.3 Å². The molecule has 0 spiro atoms. The number of carbonyl (C=O) groups is 1. The Labute approximate surface area is 118 Å². The van der Waals surface area contributed by atoms with E-state index in [-0.39, 0.29) is 6.04 Å². The van der Waals surface area contributed by atoms with Crippen LogP contribution in [0, 0.1) is 0 Å². The first-order chi connectivity index (χ1) is 9.63. The van der Waals surface area contributed by atoms with E-state index in [0.29, 0.717) is 16.9 Å². The summed E-state index contributed by atoms with van der Waals surface area (Å²) in [6.45, 7) is 2.08. The van der Waals surface area contributed by atoms with Crippen molar-refractivity contribution in [3.8, 4) is 0 Å². The van der Waals surface area contributed by atoms with Crippen LogP contribution in [0.15, 0.2) is 48.5 Å². The Morgan fingerprint density at radius 2 is 1.85 bits per heavy atom. The number of primary amides is 1. The average Bonchev–Trinajstić information content (AvgIpc) is 2.46. The van der Waals surface area contributed by atoms with Crippen LogP contribution in [0.4, 0.5) is 11.4 Å². The number of amides is 1. The molecule has 0 fully saturated rings. The highest BCUT2D eigenvalue weighted by Gasteiger charge is 2.15. The molecule has 0 radical (unpaired) electrons. The predicted octanol–water partition coefficient (Wildman–Crippen LogP) is 2.93. The first-order valence-corrected chi connectivity index (χ1v) is 6.63. The number of carbonyl (C=O) groups excluding carboxylic acids is 1. The number of nitrogens with one attached hydrogen (secondary N) is 1. The van der Waals surface area contributed by atoms with Crippen LogP contribution < -0.4 is 16.8 Å². The summed E-state index contributed by atoms with van der Waals surface area (Å²) in [5.74, 6) is -0.484. The molecule has 1 amide bonds. The van der Waals surface area contributed by atoms with Gasteiger partial charge >= 0.3 is 0 Å². The lowest BCUT2D eigenvalue weighted by atomic mass is 10.0. The van der Waals surface area contributed by atoms with Crippen LogP contribution in [-0.4, -0.2) is 5.91 Å². The topological polar surface area (TPSA) is 81.1 Å². The van der Waals surface area contributed by atoms with E-state index in [1.54, 1.807) is 18.2 Å². The largest absolute Gasteiger partial charge is 0.397 e. The third kappa shape index (κ3) is 2.91. The van der Waals surface area contributed by atoms with E-state index in [4.69, 9.17) is 11.5 Å². The molecular weight excluding hydrogens is 250 g/mol. The van der Waals surface area contributed by atoms with Gasteiger partial charge in [0.05, 0.1) is 23.0 Å². The molecule has 1 atom stereocenters. The third-order valence-corrected chi connectivity index (χ3v) is 3.29. The second-order valence-electron chi connectivity index (χ2n) is 4.65. The molecule has 0 saturated carbocycles. The monoisotopic (exact) mass is 269 g/mol. The van der Waals surface area contributed by atoms with Gasteiger partial charge in [-0.2, -0.15) is 0 Å². The number of para-hydroxylation sites is 1. The lowest BCUT2D eigenvalue weighted by molar-refractivity contribution is 0.100. The molecule has 2 aromatic carbocycles. The van der Waals surface area contributed by atoms with Gasteiger partial charge in [0.1, 0.15) is 0 Å². The zero-order chi connectivity index (χ0) is 14.5. The molecule has 2 rings (SSSR count). The van der Waals surface area contributed by atoms with Gasteiger partial charge in [-0.15, -0.1) is 0 Å². The van der Waals surface area contributed by atoms with E-state index >= 15 is 0 Å². The third-order valence-electron chi connectivity index (χ3n) is 3.29. The molecule has 0 aliphatic carbocycles. The molecule has 0 aromatic heterocycles. The van der Waals surface area contributed by atoms with Gasteiger partial charge in [-0.3, -0.25) is 4.79 Å². The number of rotatable bonds is 5. The minimum absolute atomic E-state index is 0.0824. The van der Waals surface area contributed by atoms with E-state index in [1.165, 1.54) is 0 Å². The van der Waals surface area contributed by atoms with Gasteiger partial charge in [-0.25, -0.2) is 0 Å². The van der Waals surface area contributed by atoms with Crippen LogP contribution in [0.2, 0.25) is 0 Å². The van der Waals surface area contributed by atoms with Crippen molar-refractivity contribution in [1.29, 1.82) is 0 Å². The van der Waals surface area contributed by atoms with Gasteiger partial charge in [-0.1, -0.05) is 43.3 Å². The van der Waals surface area contributed by atoms with E-state index in [0.717, 1.165) is 12.0 Å². The Bertz CT molecular complexity index is 596. The number of benzene rings is 2. The number of nitrogen functional groups attached to an aromatic ring is 1. The van der Waals surface area contributed by atoms with Crippen molar-refractivity contribution in [1.82, 2.24) is 0 Å². The fraction of sp³-hybridized carbons (Fsp3) is 0.188. The van der Waals surface area contributed by atoms with Crippen LogP contribution >= 0.6 is 0 Å². The predicted molar refractivity (Wildman–Crippen MR) is 82.5 cm³/mol. The van der Waals surface area contributed by atoms with Crippen molar-refractivity contribution in [2.45, 2.75) is 19.4 Å². The fourth-order valence-electron chi connectivity index (χ4n) is 2.22. The van der Waals surface area contributed by atoms with Crippen LogP contribution in [-0.2, 0) is 0 Å². The van der Waals surface area contributed by atoms with Crippen molar-refractivity contribution in [3.05, 3.63) is 59.7 Å². The van der Waals surface area contributed by atoms with Crippen LogP contribution in [0.5, 0.6) is 0 Å². The van der Waals surface area contributed by atoms with Gasteiger partial charge < -0.3 is 16.8 Å². The first kappa shape index (κ1) is 13.9. The van der Waals surface area contributed by atoms with Gasteiger partial charge in [0.25, 0.3) is 5.91 Å². The summed E-state index contributed by atoms with van der Waals surface area (Å²) in [6.07, 6.45) is 0.872. The molecular formula is C16H19N3O. The van der Waals surface area contributed by atoms with E-state index in [2.05, 4.69) is 12.2 Å². The summed E-state index contributed by atoms with van der Waals surface area (Å²) in [5.41, 5.74) is 14.1. The number of hydrogen-bond donors (Lipinski definition) is 3. The molecule has 4 nitrogen and oxygen atoms in total. The molecule has 4 heteroatoms. The average molecular weight is 269 g/mol. The molecule has 0 heterocycles. The summed E-state index contributed by atoms with van der Waals surface area (Å²) >= 11 is 0. The lowest BCUT2D eigenvalue weighted by Crippen LogP contribution is -2.18. The highest BCUT2D eigenvalue weighted by atomic mass is 16.1. The standard InChI is InChI=1S/C16H19N3O/c1-2-14(11-7-4-3-5-8-11)19-15-12(16(18)20)9-6-10-13(15)17/h3-10,14,19H,2,17H2,1H3,(H2,18,20). The molecule has 1 unspecified atom stereocenters. The fourth-order valence-corrected chi connectivity index (χ4v) is 2.22. The molecule has 5 N–H and O–H groups in total. The Hall–Kier alpha value is -2.49. The van der Waals surface area contributed by atoms with E-state index < -0.39 is 5.91 Å². The Morgan fingerprint density at radius 3 is 2.45 bits per heavy atom. The van der Waals surface area contributed by atoms with Crippen LogP contribution in [0.25, 0.3) is 0 Å². The summed E-state index contributed by atoms with van der Waals surface area (Å²) < 4.78 is 0. The summed E-state index contributed by atoms with van der Waals surface area (Å²) in [4.78, 5) is 11.5. The highest BCUT2D eigenvalue weighted by molar-refractivity contribution is 6.01. The SMILES string of the molecule is CCC(Nc1c(N)cccc1C(N)=O)c1ccccc1. The molecule has 0 bridgehead atoms. The van der Waals surface area contributed by atoms with Crippen molar-refractivity contribution < 1.29 is 4.79 Å².